The van der Waals surface area contributed by atoms with E-state index in [2.05, 4.69) is 6.58 Å². The highest BCUT2D eigenvalue weighted by Gasteiger charge is 2.03. The smallest absolute Gasteiger partial charge is 0.129 e. The average molecular weight is 218 g/mol. The summed E-state index contributed by atoms with van der Waals surface area (Å²) in [6, 6.07) is 0. The third-order valence-electron chi connectivity index (χ3n) is 2.32. The molecule has 0 fully saturated rings. The Morgan fingerprint density at radius 3 is 2.06 bits per heavy atom. The summed E-state index contributed by atoms with van der Waals surface area (Å²) in [7, 11) is 0. The lowest BCUT2D eigenvalue weighted by Gasteiger charge is -2.12. The molecule has 0 aliphatic heterocycles. The molecule has 0 amide bonds. The summed E-state index contributed by atoms with van der Waals surface area (Å²) in [5.74, 6) is 1.73. The molecule has 0 aromatic heterocycles. The van der Waals surface area contributed by atoms with Crippen LogP contribution in [-0.4, -0.2) is 0 Å². The maximum atomic E-state index is 5.86. The maximum absolute atomic E-state index is 5.86. The van der Waals surface area contributed by atoms with Gasteiger partial charge in [0.25, 0.3) is 0 Å². The van der Waals surface area contributed by atoms with Gasteiger partial charge in [0.2, 0.25) is 0 Å². The molecule has 0 spiro atoms. The molecule has 0 aromatic carbocycles. The Morgan fingerprint density at radius 1 is 1.06 bits per heavy atom. The molecule has 0 bridgehead atoms. The first-order valence-corrected chi connectivity index (χ1v) is 5.54. The van der Waals surface area contributed by atoms with Gasteiger partial charge < -0.3 is 4.74 Å². The summed E-state index contributed by atoms with van der Waals surface area (Å²) in [4.78, 5) is 0. The lowest BCUT2D eigenvalue weighted by Crippen LogP contribution is -1.95. The van der Waals surface area contributed by atoms with Crippen LogP contribution in [0.5, 0.6) is 0 Å². The monoisotopic (exact) mass is 218 g/mol. The Hall–Kier alpha value is -1.50. The largest absolute Gasteiger partial charge is 0.457 e. The van der Waals surface area contributed by atoms with Crippen LogP contribution < -0.4 is 0 Å². The minimum atomic E-state index is 0.840. The molecule has 0 rings (SSSR count). The molecule has 0 saturated heterocycles. The van der Waals surface area contributed by atoms with E-state index in [1.165, 1.54) is 0 Å². The van der Waals surface area contributed by atoms with Crippen molar-refractivity contribution >= 4 is 0 Å². The van der Waals surface area contributed by atoms with Crippen LogP contribution in [0.2, 0.25) is 0 Å². The van der Waals surface area contributed by atoms with Gasteiger partial charge in [-0.2, -0.15) is 0 Å². The van der Waals surface area contributed by atoms with Gasteiger partial charge in [-0.05, 0) is 57.9 Å². The quantitative estimate of drug-likeness (QED) is 0.470. The fraction of sp³-hybridized carbons (Fsp3) is 0.333. The lowest BCUT2D eigenvalue weighted by molar-refractivity contribution is 0.325. The summed E-state index contributed by atoms with van der Waals surface area (Å²) in [6.45, 7) is 13.7. The number of hydrogen-bond donors (Lipinski definition) is 0. The number of hydrogen-bond acceptors (Lipinski definition) is 1. The molecule has 0 N–H and O–H groups in total. The zero-order valence-electron chi connectivity index (χ0n) is 11.0. The van der Waals surface area contributed by atoms with Gasteiger partial charge >= 0.3 is 0 Å². The summed E-state index contributed by atoms with van der Waals surface area (Å²) in [5.41, 5.74) is 2.16. The number of rotatable bonds is 5. The second kappa shape index (κ2) is 7.75. The summed E-state index contributed by atoms with van der Waals surface area (Å²) >= 11 is 0. The molecule has 0 aromatic rings. The molecule has 0 aliphatic rings. The van der Waals surface area contributed by atoms with Crippen molar-refractivity contribution in [2.24, 2.45) is 0 Å². The van der Waals surface area contributed by atoms with E-state index in [0.717, 1.165) is 22.7 Å². The van der Waals surface area contributed by atoms with Crippen molar-refractivity contribution in [2.45, 2.75) is 34.6 Å². The first kappa shape index (κ1) is 14.5. The Balaban J connectivity index is 5.12. The molecule has 16 heavy (non-hydrogen) atoms. The van der Waals surface area contributed by atoms with Gasteiger partial charge in [0.15, 0.2) is 0 Å². The fourth-order valence-electron chi connectivity index (χ4n) is 1.13. The van der Waals surface area contributed by atoms with Crippen molar-refractivity contribution in [3.63, 3.8) is 0 Å². The SMILES string of the molecule is C=C/C(C)=C(\C=C/C)OC(=C/C)/C(C)=C\C. The Bertz CT molecular complexity index is 352. The predicted molar refractivity (Wildman–Crippen MR) is 72.0 cm³/mol. The lowest BCUT2D eigenvalue weighted by atomic mass is 10.2. The maximum Gasteiger partial charge on any atom is 0.129 e. The third-order valence-corrected chi connectivity index (χ3v) is 2.32. The molecular weight excluding hydrogens is 196 g/mol. The standard InChI is InChI=1S/C15H22O/c1-7-11-15(13(6)9-3)16-14(10-4)12(5)8-2/h7-11H,3H2,1-2,4-6H3/b11-7-,12-8-,14-10+,15-13+. The zero-order chi connectivity index (χ0) is 12.6. The van der Waals surface area contributed by atoms with Crippen molar-refractivity contribution in [1.82, 2.24) is 0 Å². The van der Waals surface area contributed by atoms with Gasteiger partial charge in [0, 0.05) is 0 Å². The molecule has 0 saturated carbocycles. The molecule has 1 nitrogen and oxygen atoms in total. The van der Waals surface area contributed by atoms with E-state index in [9.17, 15) is 0 Å². The van der Waals surface area contributed by atoms with Crippen molar-refractivity contribution in [3.05, 3.63) is 59.6 Å². The Kier molecular flexibility index (Phi) is 7.02. The zero-order valence-corrected chi connectivity index (χ0v) is 11.0. The highest BCUT2D eigenvalue weighted by molar-refractivity contribution is 5.31. The molecular formula is C15H22O. The summed E-state index contributed by atoms with van der Waals surface area (Å²) in [5, 5.41) is 0. The van der Waals surface area contributed by atoms with Gasteiger partial charge in [0.1, 0.15) is 11.5 Å². The second-order valence-electron chi connectivity index (χ2n) is 3.48. The Morgan fingerprint density at radius 2 is 1.69 bits per heavy atom. The van der Waals surface area contributed by atoms with Gasteiger partial charge in [-0.25, -0.2) is 0 Å². The average Bonchev–Trinajstić information content (AvgIpc) is 2.32. The highest BCUT2D eigenvalue weighted by Crippen LogP contribution is 2.19. The predicted octanol–water partition coefficient (Wildman–Crippen LogP) is 4.91. The van der Waals surface area contributed by atoms with E-state index in [1.54, 1.807) is 6.08 Å². The molecule has 0 unspecified atom stereocenters. The van der Waals surface area contributed by atoms with Crippen LogP contribution in [-0.2, 0) is 4.74 Å². The van der Waals surface area contributed by atoms with Gasteiger partial charge in [-0.3, -0.25) is 0 Å². The van der Waals surface area contributed by atoms with Crippen molar-refractivity contribution < 1.29 is 4.74 Å². The van der Waals surface area contributed by atoms with Crippen LogP contribution in [0, 0.1) is 0 Å². The summed E-state index contributed by atoms with van der Waals surface area (Å²) in [6.07, 6.45) is 9.71. The minimum absolute atomic E-state index is 0.840. The minimum Gasteiger partial charge on any atom is -0.457 e. The fourth-order valence-corrected chi connectivity index (χ4v) is 1.13. The molecule has 0 heterocycles. The van der Waals surface area contributed by atoms with Crippen LogP contribution >= 0.6 is 0 Å². The van der Waals surface area contributed by atoms with Crippen LogP contribution in [0.1, 0.15) is 34.6 Å². The van der Waals surface area contributed by atoms with E-state index < -0.39 is 0 Å². The van der Waals surface area contributed by atoms with Gasteiger partial charge in [0.05, 0.1) is 0 Å². The van der Waals surface area contributed by atoms with E-state index >= 15 is 0 Å². The molecule has 0 aliphatic carbocycles. The van der Waals surface area contributed by atoms with Crippen molar-refractivity contribution in [2.75, 3.05) is 0 Å². The van der Waals surface area contributed by atoms with E-state index in [1.807, 2.05) is 58.9 Å². The second-order valence-corrected chi connectivity index (χ2v) is 3.48. The van der Waals surface area contributed by atoms with Crippen molar-refractivity contribution in [1.29, 1.82) is 0 Å². The molecule has 0 atom stereocenters. The normalized spacial score (nSPS) is 15.1. The van der Waals surface area contributed by atoms with Crippen LogP contribution in [0.15, 0.2) is 59.6 Å². The number of ether oxygens (including phenoxy) is 1. The van der Waals surface area contributed by atoms with E-state index in [0.29, 0.717) is 0 Å². The first-order valence-electron chi connectivity index (χ1n) is 5.54. The van der Waals surface area contributed by atoms with Crippen LogP contribution in [0.25, 0.3) is 0 Å². The van der Waals surface area contributed by atoms with Gasteiger partial charge in [-0.15, -0.1) is 0 Å². The van der Waals surface area contributed by atoms with Crippen molar-refractivity contribution in [3.8, 4) is 0 Å². The van der Waals surface area contributed by atoms with Gasteiger partial charge in [-0.1, -0.05) is 24.8 Å². The van der Waals surface area contributed by atoms with Crippen LogP contribution in [0.4, 0.5) is 0 Å². The molecule has 88 valence electrons. The molecule has 0 radical (unpaired) electrons. The first-order chi connectivity index (χ1) is 7.60. The highest BCUT2D eigenvalue weighted by atomic mass is 16.5. The number of allylic oxidation sites excluding steroid dienone is 7. The van der Waals surface area contributed by atoms with E-state index in [-0.39, 0.29) is 0 Å². The van der Waals surface area contributed by atoms with E-state index in [4.69, 9.17) is 4.74 Å². The third kappa shape index (κ3) is 4.35. The van der Waals surface area contributed by atoms with Crippen LogP contribution in [0.3, 0.4) is 0 Å². The Labute approximate surface area is 99.5 Å². The molecule has 1 heteroatoms. The summed E-state index contributed by atoms with van der Waals surface area (Å²) < 4.78 is 5.86. The topological polar surface area (TPSA) is 9.23 Å².